The number of aliphatic carboxylic acids is 1. The molecule has 0 atom stereocenters. The molecule has 8 heteroatoms. The maximum Gasteiger partial charge on any atom is 0.324 e. The maximum absolute atomic E-state index is 10.8. The van der Waals surface area contributed by atoms with Crippen molar-refractivity contribution in [3.8, 4) is 0 Å². The van der Waals surface area contributed by atoms with Crippen LogP contribution in [-0.4, -0.2) is 40.9 Å². The lowest BCUT2D eigenvalue weighted by Gasteiger charge is -2.29. The number of carbonyl (C=O) groups is 2. The second-order valence-corrected chi connectivity index (χ2v) is 4.41. The highest BCUT2D eigenvalue weighted by Crippen LogP contribution is 2.13. The van der Waals surface area contributed by atoms with Gasteiger partial charge in [0.2, 0.25) is 0 Å². The zero-order valence-corrected chi connectivity index (χ0v) is 11.0. The first-order chi connectivity index (χ1) is 8.27. The molecule has 1 N–H and O–H groups in total. The molecule has 0 rings (SSSR count). The standard InChI is InChI=1S/C10H19N3O5/c1-5-9(16)17-7-18-12-11-13(6-8(14)15)10(2,3)4/h5-7H2,1-4H3,(H,14,15)/b12-11-. The Morgan fingerprint density at radius 3 is 2.39 bits per heavy atom. The van der Waals surface area contributed by atoms with E-state index in [0.717, 1.165) is 0 Å². The third kappa shape index (κ3) is 7.42. The zero-order chi connectivity index (χ0) is 14.2. The van der Waals surface area contributed by atoms with Crippen molar-refractivity contribution in [1.82, 2.24) is 5.01 Å². The average molecular weight is 261 g/mol. The normalized spacial score (nSPS) is 11.3. The largest absolute Gasteiger partial charge is 0.480 e. The van der Waals surface area contributed by atoms with Crippen molar-refractivity contribution in [3.05, 3.63) is 0 Å². The summed E-state index contributed by atoms with van der Waals surface area (Å²) in [7, 11) is 0. The van der Waals surface area contributed by atoms with E-state index in [-0.39, 0.29) is 19.8 Å². The van der Waals surface area contributed by atoms with Crippen LogP contribution in [0.2, 0.25) is 0 Å². The van der Waals surface area contributed by atoms with E-state index in [4.69, 9.17) is 5.11 Å². The molecule has 0 aromatic rings. The quantitative estimate of drug-likeness (QED) is 0.244. The Morgan fingerprint density at radius 1 is 1.33 bits per heavy atom. The Kier molecular flexibility index (Phi) is 6.69. The van der Waals surface area contributed by atoms with Gasteiger partial charge in [-0.1, -0.05) is 6.92 Å². The zero-order valence-electron chi connectivity index (χ0n) is 11.0. The molecular weight excluding hydrogens is 242 g/mol. The number of hydrogen-bond donors (Lipinski definition) is 1. The summed E-state index contributed by atoms with van der Waals surface area (Å²) in [5, 5.41) is 16.9. The van der Waals surface area contributed by atoms with Crippen LogP contribution in [0.25, 0.3) is 0 Å². The lowest BCUT2D eigenvalue weighted by molar-refractivity contribution is -0.157. The molecule has 0 radical (unpaired) electrons. The molecule has 0 spiro atoms. The first-order valence-electron chi connectivity index (χ1n) is 5.45. The molecule has 104 valence electrons. The molecule has 0 heterocycles. The van der Waals surface area contributed by atoms with Gasteiger partial charge in [-0.15, -0.1) is 0 Å². The SMILES string of the molecule is CCC(=O)OCO/N=N\N(CC(=O)O)C(C)(C)C. The molecule has 0 bridgehead atoms. The Morgan fingerprint density at radius 2 is 1.94 bits per heavy atom. The number of nitrogens with zero attached hydrogens (tertiary/aromatic N) is 3. The molecule has 0 saturated carbocycles. The summed E-state index contributed by atoms with van der Waals surface area (Å²) >= 11 is 0. The maximum atomic E-state index is 10.8. The summed E-state index contributed by atoms with van der Waals surface area (Å²) < 4.78 is 4.59. The van der Waals surface area contributed by atoms with Gasteiger partial charge in [0.15, 0.2) is 0 Å². The van der Waals surface area contributed by atoms with E-state index < -0.39 is 17.5 Å². The third-order valence-corrected chi connectivity index (χ3v) is 1.82. The molecule has 0 fully saturated rings. The summed E-state index contributed by atoms with van der Waals surface area (Å²) in [6, 6.07) is 0. The summed E-state index contributed by atoms with van der Waals surface area (Å²) in [4.78, 5) is 26.0. The van der Waals surface area contributed by atoms with Crippen molar-refractivity contribution in [2.75, 3.05) is 13.3 Å². The van der Waals surface area contributed by atoms with Gasteiger partial charge in [-0.25, -0.2) is 0 Å². The Balaban J connectivity index is 4.16. The fraction of sp³-hybridized carbons (Fsp3) is 0.800. The summed E-state index contributed by atoms with van der Waals surface area (Å²) in [6.45, 7) is 6.36. The molecule has 0 unspecified atom stereocenters. The second-order valence-electron chi connectivity index (χ2n) is 4.41. The van der Waals surface area contributed by atoms with E-state index in [0.29, 0.717) is 0 Å². The van der Waals surface area contributed by atoms with E-state index in [9.17, 15) is 9.59 Å². The van der Waals surface area contributed by atoms with Gasteiger partial charge < -0.3 is 14.7 Å². The van der Waals surface area contributed by atoms with Crippen molar-refractivity contribution >= 4 is 11.9 Å². The highest BCUT2D eigenvalue weighted by Gasteiger charge is 2.22. The molecule has 8 nitrogen and oxygen atoms in total. The number of carbonyl (C=O) groups excluding carboxylic acids is 1. The Bertz CT molecular complexity index is 311. The van der Waals surface area contributed by atoms with Gasteiger partial charge >= 0.3 is 11.9 Å². The van der Waals surface area contributed by atoms with Crippen LogP contribution in [0.15, 0.2) is 10.5 Å². The Hall–Kier alpha value is -1.86. The fourth-order valence-corrected chi connectivity index (χ4v) is 0.819. The predicted octanol–water partition coefficient (Wildman–Crippen LogP) is 1.38. The van der Waals surface area contributed by atoms with Crippen LogP contribution in [0.1, 0.15) is 34.1 Å². The van der Waals surface area contributed by atoms with Crippen molar-refractivity contribution in [1.29, 1.82) is 0 Å². The van der Waals surface area contributed by atoms with Crippen LogP contribution in [0.5, 0.6) is 0 Å². The molecule has 0 aromatic carbocycles. The minimum Gasteiger partial charge on any atom is -0.480 e. The minimum absolute atomic E-state index is 0.244. The van der Waals surface area contributed by atoms with E-state index >= 15 is 0 Å². The summed E-state index contributed by atoms with van der Waals surface area (Å²) in [5.41, 5.74) is -0.509. The number of ether oxygens (including phenoxy) is 1. The van der Waals surface area contributed by atoms with Crippen molar-refractivity contribution in [3.63, 3.8) is 0 Å². The van der Waals surface area contributed by atoms with Crippen LogP contribution < -0.4 is 0 Å². The van der Waals surface area contributed by atoms with E-state index in [1.807, 2.05) is 0 Å². The molecule has 18 heavy (non-hydrogen) atoms. The van der Waals surface area contributed by atoms with Gasteiger partial charge in [-0.05, 0) is 26.0 Å². The van der Waals surface area contributed by atoms with Gasteiger partial charge in [-0.3, -0.25) is 14.6 Å². The monoisotopic (exact) mass is 261 g/mol. The van der Waals surface area contributed by atoms with Crippen LogP contribution in [0.4, 0.5) is 0 Å². The number of hydrogen-bond acceptors (Lipinski definition) is 6. The lowest BCUT2D eigenvalue weighted by Crippen LogP contribution is -2.40. The molecular formula is C10H19N3O5. The first-order valence-corrected chi connectivity index (χ1v) is 5.45. The predicted molar refractivity (Wildman–Crippen MR) is 61.3 cm³/mol. The van der Waals surface area contributed by atoms with Crippen LogP contribution in [0.3, 0.4) is 0 Å². The summed E-state index contributed by atoms with van der Waals surface area (Å²) in [6.07, 6.45) is 0.244. The smallest absolute Gasteiger partial charge is 0.324 e. The van der Waals surface area contributed by atoms with Gasteiger partial charge in [-0.2, -0.15) is 0 Å². The minimum atomic E-state index is -1.03. The number of carboxylic acid groups (broad SMARTS) is 1. The third-order valence-electron chi connectivity index (χ3n) is 1.82. The van der Waals surface area contributed by atoms with Crippen molar-refractivity contribution in [2.24, 2.45) is 10.5 Å². The van der Waals surface area contributed by atoms with Crippen molar-refractivity contribution in [2.45, 2.75) is 39.7 Å². The first kappa shape index (κ1) is 16.1. The van der Waals surface area contributed by atoms with E-state index in [2.05, 4.69) is 20.1 Å². The van der Waals surface area contributed by atoms with Gasteiger partial charge in [0.05, 0.1) is 5.54 Å². The van der Waals surface area contributed by atoms with Gasteiger partial charge in [0.25, 0.3) is 6.79 Å². The van der Waals surface area contributed by atoms with Crippen molar-refractivity contribution < 1.29 is 24.3 Å². The molecule has 0 amide bonds. The molecule has 0 saturated heterocycles. The second kappa shape index (κ2) is 7.46. The highest BCUT2D eigenvalue weighted by molar-refractivity contribution is 5.69. The highest BCUT2D eigenvalue weighted by atomic mass is 16.8. The number of esters is 1. The summed E-state index contributed by atoms with van der Waals surface area (Å²) in [5.74, 6) is -1.44. The van der Waals surface area contributed by atoms with E-state index in [1.165, 1.54) is 5.01 Å². The average Bonchev–Trinajstić information content (AvgIpc) is 2.24. The van der Waals surface area contributed by atoms with Gasteiger partial charge in [0.1, 0.15) is 6.54 Å². The van der Waals surface area contributed by atoms with E-state index in [1.54, 1.807) is 27.7 Å². The molecule has 0 aromatic heterocycles. The Labute approximate surface area is 105 Å². The number of carboxylic acids is 1. The topological polar surface area (TPSA) is 101 Å². The van der Waals surface area contributed by atoms with Crippen LogP contribution in [0, 0.1) is 0 Å². The van der Waals surface area contributed by atoms with Crippen LogP contribution >= 0.6 is 0 Å². The van der Waals surface area contributed by atoms with Gasteiger partial charge in [0, 0.05) is 11.7 Å². The van der Waals surface area contributed by atoms with Crippen LogP contribution in [-0.2, 0) is 19.2 Å². The fourth-order valence-electron chi connectivity index (χ4n) is 0.819. The number of rotatable bonds is 7. The lowest BCUT2D eigenvalue weighted by atomic mass is 10.1. The molecule has 0 aliphatic heterocycles. The molecule has 0 aliphatic carbocycles. The molecule has 0 aliphatic rings.